The second kappa shape index (κ2) is 6.05. The molecule has 0 N–H and O–H groups in total. The van der Waals surface area contributed by atoms with E-state index in [1.54, 1.807) is 0 Å². The molecule has 2 atom stereocenters. The zero-order chi connectivity index (χ0) is 18.5. The predicted octanol–water partition coefficient (Wildman–Crippen LogP) is 3.43. The van der Waals surface area contributed by atoms with E-state index in [1.807, 2.05) is 12.1 Å². The van der Waals surface area contributed by atoms with Crippen molar-refractivity contribution < 1.29 is 4.92 Å². The largest absolute Gasteiger partial charge is 0.323 e. The molecule has 2 bridgehead atoms. The summed E-state index contributed by atoms with van der Waals surface area (Å²) in [7, 11) is 2.14. The fourth-order valence-electron chi connectivity index (χ4n) is 5.17. The highest BCUT2D eigenvalue weighted by Gasteiger charge is 2.48. The lowest BCUT2D eigenvalue weighted by Gasteiger charge is -2.40. The Kier molecular flexibility index (Phi) is 4.06. The van der Waals surface area contributed by atoms with E-state index in [2.05, 4.69) is 42.8 Å². The van der Waals surface area contributed by atoms with E-state index in [0.29, 0.717) is 11.9 Å². The van der Waals surface area contributed by atoms with Crippen LogP contribution in [0.4, 0.5) is 5.69 Å². The van der Waals surface area contributed by atoms with Gasteiger partial charge in [-0.15, -0.1) is 0 Å². The number of aliphatic imine (C=N–C) groups is 1. The van der Waals surface area contributed by atoms with E-state index >= 15 is 0 Å². The number of fused-ring (bicyclic) bond motifs is 3. The Morgan fingerprint density at radius 1 is 1.31 bits per heavy atom. The lowest BCUT2D eigenvalue weighted by molar-refractivity contribution is -0.463. The van der Waals surface area contributed by atoms with Crippen LogP contribution in [-0.2, 0) is 5.41 Å². The van der Waals surface area contributed by atoms with Crippen molar-refractivity contribution in [3.05, 3.63) is 39.9 Å². The van der Waals surface area contributed by atoms with Crippen molar-refractivity contribution in [1.29, 1.82) is 0 Å². The first-order chi connectivity index (χ1) is 12.3. The topological polar surface area (TPSA) is 62.0 Å². The minimum atomic E-state index is -0.254. The van der Waals surface area contributed by atoms with Crippen LogP contribution in [0, 0.1) is 10.1 Å². The van der Waals surface area contributed by atoms with Gasteiger partial charge in [0.1, 0.15) is 5.66 Å². The highest BCUT2D eigenvalue weighted by atomic mass is 16.6. The number of hydrogen-bond acceptors (Lipinski definition) is 4. The second-order valence-electron chi connectivity index (χ2n) is 8.68. The van der Waals surface area contributed by atoms with Crippen molar-refractivity contribution in [3.8, 4) is 0 Å². The van der Waals surface area contributed by atoms with Crippen molar-refractivity contribution in [2.75, 3.05) is 25.0 Å². The summed E-state index contributed by atoms with van der Waals surface area (Å²) in [5.74, 6) is 0.613. The number of hydrogen-bond donors (Lipinski definition) is 0. The Morgan fingerprint density at radius 2 is 2.08 bits per heavy atom. The molecule has 4 rings (SSSR count). The van der Waals surface area contributed by atoms with E-state index < -0.39 is 0 Å². The molecular formula is C20H28N4O2. The lowest BCUT2D eigenvalue weighted by atomic mass is 9.87. The van der Waals surface area contributed by atoms with Gasteiger partial charge in [0.05, 0.1) is 0 Å². The van der Waals surface area contributed by atoms with E-state index in [1.165, 1.54) is 12.0 Å². The average molecular weight is 356 g/mol. The molecule has 3 heterocycles. The molecule has 2 unspecified atom stereocenters. The third kappa shape index (κ3) is 2.71. The lowest BCUT2D eigenvalue weighted by Crippen LogP contribution is -2.49. The van der Waals surface area contributed by atoms with Crippen molar-refractivity contribution >= 4 is 11.5 Å². The van der Waals surface area contributed by atoms with Crippen molar-refractivity contribution in [2.24, 2.45) is 4.99 Å². The molecule has 3 aliphatic rings. The maximum absolute atomic E-state index is 11.5. The number of amidine groups is 1. The molecular weight excluding hydrogens is 328 g/mol. The molecule has 1 aromatic carbocycles. The van der Waals surface area contributed by atoms with Crippen molar-refractivity contribution in [1.82, 2.24) is 4.90 Å². The summed E-state index contributed by atoms with van der Waals surface area (Å²) in [6.07, 6.45) is 5.53. The predicted molar refractivity (Wildman–Crippen MR) is 103 cm³/mol. The van der Waals surface area contributed by atoms with Gasteiger partial charge in [-0.05, 0) is 50.8 Å². The van der Waals surface area contributed by atoms with Crippen LogP contribution in [0.5, 0.6) is 0 Å². The quantitative estimate of drug-likeness (QED) is 0.360. The van der Waals surface area contributed by atoms with Crippen LogP contribution in [0.2, 0.25) is 0 Å². The minimum Gasteiger partial charge on any atom is -0.323 e. The molecule has 0 radical (unpaired) electrons. The summed E-state index contributed by atoms with van der Waals surface area (Å²) in [4.78, 5) is 20.8. The first-order valence-electron chi connectivity index (χ1n) is 9.63. The molecule has 0 aliphatic carbocycles. The Labute approximate surface area is 155 Å². The Bertz CT molecular complexity index is 756. The van der Waals surface area contributed by atoms with Gasteiger partial charge < -0.3 is 4.90 Å². The SMILES string of the molecule is CN1C2CCCC1(N=C(C[N+](=O)[O-])N1CC(C)(C)c3ccccc31)CC2. The van der Waals surface area contributed by atoms with E-state index in [9.17, 15) is 10.1 Å². The van der Waals surface area contributed by atoms with E-state index in [4.69, 9.17) is 4.99 Å². The Morgan fingerprint density at radius 3 is 2.85 bits per heavy atom. The molecule has 6 nitrogen and oxygen atoms in total. The van der Waals surface area contributed by atoms with Gasteiger partial charge in [-0.1, -0.05) is 32.0 Å². The third-order valence-corrected chi connectivity index (χ3v) is 6.59. The molecule has 1 aromatic rings. The van der Waals surface area contributed by atoms with Crippen LogP contribution in [0.15, 0.2) is 29.3 Å². The Hall–Kier alpha value is -1.95. The summed E-state index contributed by atoms with van der Waals surface area (Å²) in [5.41, 5.74) is 2.02. The number of piperidine rings is 1. The molecule has 3 aliphatic heterocycles. The van der Waals surface area contributed by atoms with Crippen molar-refractivity contribution in [2.45, 2.75) is 63.1 Å². The van der Waals surface area contributed by atoms with Gasteiger partial charge in [-0.3, -0.25) is 15.0 Å². The molecule has 0 spiro atoms. The first kappa shape index (κ1) is 17.5. The normalized spacial score (nSPS) is 30.5. The number of para-hydroxylation sites is 1. The van der Waals surface area contributed by atoms with Crippen LogP contribution >= 0.6 is 0 Å². The van der Waals surface area contributed by atoms with Gasteiger partial charge in [-0.2, -0.15) is 0 Å². The van der Waals surface area contributed by atoms with Crippen LogP contribution in [-0.4, -0.2) is 47.5 Å². The number of nitro groups is 1. The first-order valence-corrected chi connectivity index (χ1v) is 9.63. The molecule has 2 fully saturated rings. The average Bonchev–Trinajstić information content (AvgIpc) is 2.93. The molecule has 0 amide bonds. The highest BCUT2D eigenvalue weighted by molar-refractivity contribution is 6.01. The molecule has 0 aromatic heterocycles. The van der Waals surface area contributed by atoms with Crippen LogP contribution < -0.4 is 4.90 Å². The van der Waals surface area contributed by atoms with Gasteiger partial charge in [0.2, 0.25) is 0 Å². The fraction of sp³-hybridized carbons (Fsp3) is 0.650. The van der Waals surface area contributed by atoms with Crippen LogP contribution in [0.1, 0.15) is 51.5 Å². The standard InChI is InChI=1S/C20H28N4O2/c1-19(2)14-23(17-9-5-4-8-16(17)19)18(13-24(25)26)21-20-11-6-7-15(10-12-20)22(20)3/h4-5,8-9,15H,6-7,10-14H2,1-3H3. The van der Waals surface area contributed by atoms with E-state index in [0.717, 1.165) is 37.9 Å². The van der Waals surface area contributed by atoms with Crippen LogP contribution in [0.25, 0.3) is 0 Å². The summed E-state index contributed by atoms with van der Waals surface area (Å²) in [5, 5.41) is 11.5. The minimum absolute atomic E-state index is 0.0394. The molecule has 140 valence electrons. The summed E-state index contributed by atoms with van der Waals surface area (Å²) >= 11 is 0. The van der Waals surface area contributed by atoms with Crippen molar-refractivity contribution in [3.63, 3.8) is 0 Å². The van der Waals surface area contributed by atoms with Gasteiger partial charge in [-0.25, -0.2) is 4.99 Å². The maximum Gasteiger partial charge on any atom is 0.260 e. The summed E-state index contributed by atoms with van der Waals surface area (Å²) in [6, 6.07) is 8.83. The van der Waals surface area contributed by atoms with Gasteiger partial charge in [0, 0.05) is 28.6 Å². The second-order valence-corrected chi connectivity index (χ2v) is 8.68. The monoisotopic (exact) mass is 356 g/mol. The molecule has 0 saturated carbocycles. The highest BCUT2D eigenvalue weighted by Crippen LogP contribution is 2.45. The van der Waals surface area contributed by atoms with E-state index in [-0.39, 0.29) is 22.5 Å². The molecule has 2 saturated heterocycles. The van der Waals surface area contributed by atoms with Gasteiger partial charge in [0.25, 0.3) is 6.54 Å². The molecule has 26 heavy (non-hydrogen) atoms. The smallest absolute Gasteiger partial charge is 0.260 e. The number of anilines is 1. The van der Waals surface area contributed by atoms with Crippen LogP contribution in [0.3, 0.4) is 0 Å². The maximum atomic E-state index is 11.5. The number of benzene rings is 1. The number of nitrogens with zero attached hydrogens (tertiary/aromatic N) is 4. The van der Waals surface area contributed by atoms with Gasteiger partial charge >= 0.3 is 0 Å². The molecule has 6 heteroatoms. The Balaban J connectivity index is 1.76. The third-order valence-electron chi connectivity index (χ3n) is 6.59. The summed E-state index contributed by atoms with van der Waals surface area (Å²) in [6.45, 7) is 4.92. The fourth-order valence-corrected chi connectivity index (χ4v) is 5.17. The summed E-state index contributed by atoms with van der Waals surface area (Å²) < 4.78 is 0. The zero-order valence-corrected chi connectivity index (χ0v) is 15.9. The van der Waals surface area contributed by atoms with Gasteiger partial charge in [0.15, 0.2) is 5.84 Å². The number of rotatable bonds is 3. The zero-order valence-electron chi connectivity index (χ0n) is 15.9.